The monoisotopic (exact) mass is 786 g/mol. The van der Waals surface area contributed by atoms with Gasteiger partial charge in [0, 0.05) is 0 Å². The summed E-state index contributed by atoms with van der Waals surface area (Å²) in [6.07, 6.45) is 0. The third-order valence-electron chi connectivity index (χ3n) is 9.43. The summed E-state index contributed by atoms with van der Waals surface area (Å²) < 4.78 is 11.8. The first-order valence-electron chi connectivity index (χ1n) is 16.6. The Morgan fingerprint density at radius 1 is 0.224 bits per heavy atom. The van der Waals surface area contributed by atoms with Crippen LogP contribution in [-0.2, 0) is 21.7 Å². The summed E-state index contributed by atoms with van der Waals surface area (Å²) in [6.45, 7) is 0. The Morgan fingerprint density at radius 2 is 0.388 bits per heavy atom. The molecule has 49 heavy (non-hydrogen) atoms. The van der Waals surface area contributed by atoms with Crippen molar-refractivity contribution in [2.24, 2.45) is 0 Å². The molecular weight excluding hydrogens is 746 g/mol. The van der Waals surface area contributed by atoms with Crippen molar-refractivity contribution in [3.05, 3.63) is 231 Å². The SMILES string of the molecule is [Ti+2].c1cc[c]([Ge]([c]2ccccc2)([c]2ccccc2)[c-]2cccc2)cc1.c1cc[c]([Ge]([c]2ccccc2)([c]2ccccc2)[c-]2cccc2)cc1. The van der Waals surface area contributed by atoms with E-state index in [4.69, 9.17) is 0 Å². The van der Waals surface area contributed by atoms with Crippen LogP contribution in [0.15, 0.2) is 231 Å². The Kier molecular flexibility index (Phi) is 11.7. The first-order chi connectivity index (χ1) is 23.8. The summed E-state index contributed by atoms with van der Waals surface area (Å²) in [5, 5.41) is 0. The molecule has 0 unspecified atom stereocenters. The third kappa shape index (κ3) is 6.84. The fraction of sp³-hybridized carbons (Fsp3) is 0. The van der Waals surface area contributed by atoms with Crippen molar-refractivity contribution in [3.8, 4) is 0 Å². The third-order valence-corrected chi connectivity index (χ3v) is 29.6. The normalized spacial score (nSPS) is 11.1. The van der Waals surface area contributed by atoms with E-state index in [0.717, 1.165) is 0 Å². The number of hydrogen-bond acceptors (Lipinski definition) is 0. The van der Waals surface area contributed by atoms with Crippen LogP contribution < -0.4 is 35.2 Å². The van der Waals surface area contributed by atoms with Crippen LogP contribution in [0.5, 0.6) is 0 Å². The van der Waals surface area contributed by atoms with Gasteiger partial charge in [0.1, 0.15) is 0 Å². The van der Waals surface area contributed by atoms with Crippen LogP contribution >= 0.6 is 0 Å². The van der Waals surface area contributed by atoms with Gasteiger partial charge in [0.2, 0.25) is 0 Å². The van der Waals surface area contributed by atoms with E-state index >= 15 is 0 Å². The van der Waals surface area contributed by atoms with Gasteiger partial charge in [0.15, 0.2) is 0 Å². The molecule has 0 nitrogen and oxygen atoms in total. The average Bonchev–Trinajstić information content (AvgIpc) is 3.92. The zero-order chi connectivity index (χ0) is 32.5. The van der Waals surface area contributed by atoms with Crippen LogP contribution in [0.3, 0.4) is 0 Å². The van der Waals surface area contributed by atoms with Gasteiger partial charge < -0.3 is 0 Å². The van der Waals surface area contributed by atoms with Gasteiger partial charge in [-0.15, -0.1) is 0 Å². The molecule has 0 aliphatic carbocycles. The second kappa shape index (κ2) is 16.5. The van der Waals surface area contributed by atoms with E-state index in [1.807, 2.05) is 0 Å². The van der Waals surface area contributed by atoms with E-state index in [1.165, 1.54) is 35.2 Å². The van der Waals surface area contributed by atoms with E-state index in [2.05, 4.69) is 231 Å². The van der Waals surface area contributed by atoms with Gasteiger partial charge >= 0.3 is 314 Å². The molecule has 0 saturated carbocycles. The Balaban J connectivity index is 0.000000167. The molecule has 0 aliphatic rings. The van der Waals surface area contributed by atoms with Crippen molar-refractivity contribution in [2.75, 3.05) is 0 Å². The molecule has 8 rings (SSSR count). The maximum absolute atomic E-state index is 2.93. The summed E-state index contributed by atoms with van der Waals surface area (Å²) in [7, 11) is 0. The Labute approximate surface area is 311 Å². The van der Waals surface area contributed by atoms with E-state index in [9.17, 15) is 0 Å². The summed E-state index contributed by atoms with van der Waals surface area (Å²) in [5.41, 5.74) is 0. The van der Waals surface area contributed by atoms with Crippen LogP contribution in [-0.4, -0.2) is 26.5 Å². The molecule has 0 saturated heterocycles. The van der Waals surface area contributed by atoms with Gasteiger partial charge in [-0.05, 0) is 0 Å². The Morgan fingerprint density at radius 3 is 0.551 bits per heavy atom. The summed E-state index contributed by atoms with van der Waals surface area (Å²) in [6, 6.07) is 84.4. The molecule has 0 N–H and O–H groups in total. The summed E-state index contributed by atoms with van der Waals surface area (Å²) in [4.78, 5) is 0. The molecule has 3 heteroatoms. The topological polar surface area (TPSA) is 0 Å². The molecule has 0 bridgehead atoms. The molecule has 0 amide bonds. The fourth-order valence-electron chi connectivity index (χ4n) is 7.38. The van der Waals surface area contributed by atoms with Gasteiger partial charge in [-0.25, -0.2) is 0 Å². The summed E-state index contributed by atoms with van der Waals surface area (Å²) in [5.74, 6) is 0. The standard InChI is InChI=1S/2C23H19Ge.Ti/c2*1-4-12-20(13-5-1)24(23-18-10-11-19-23,21-14-6-2-7-15-21)22-16-8-3-9-17-22;/h2*1-19H;/q2*-1;+2. The van der Waals surface area contributed by atoms with Crippen molar-refractivity contribution in [2.45, 2.75) is 0 Å². The van der Waals surface area contributed by atoms with Crippen LogP contribution in [0.1, 0.15) is 0 Å². The zero-order valence-corrected chi connectivity index (χ0v) is 33.2. The van der Waals surface area contributed by atoms with Gasteiger partial charge in [-0.2, -0.15) is 0 Å². The minimum absolute atomic E-state index is 0. The Hall–Kier alpha value is -4.18. The van der Waals surface area contributed by atoms with Crippen LogP contribution in [0.25, 0.3) is 0 Å². The second-order valence-electron chi connectivity index (χ2n) is 12.0. The number of benzene rings is 6. The first-order valence-corrected chi connectivity index (χ1v) is 25.0. The molecule has 0 spiro atoms. The number of rotatable bonds is 8. The van der Waals surface area contributed by atoms with Crippen molar-refractivity contribution in [3.63, 3.8) is 0 Å². The molecule has 0 fully saturated rings. The predicted octanol–water partition coefficient (Wildman–Crippen LogP) is 5.56. The average molecular weight is 784 g/mol. The summed E-state index contributed by atoms with van der Waals surface area (Å²) >= 11 is -5.86. The van der Waals surface area contributed by atoms with Crippen molar-refractivity contribution >= 4 is 61.7 Å². The molecule has 8 aromatic rings. The minimum atomic E-state index is -2.93. The van der Waals surface area contributed by atoms with Gasteiger partial charge in [-0.3, -0.25) is 0 Å². The van der Waals surface area contributed by atoms with E-state index in [1.54, 1.807) is 0 Å². The van der Waals surface area contributed by atoms with Gasteiger partial charge in [0.05, 0.1) is 0 Å². The molecule has 0 atom stereocenters. The van der Waals surface area contributed by atoms with Crippen LogP contribution in [0.2, 0.25) is 0 Å². The molecule has 0 radical (unpaired) electrons. The quantitative estimate of drug-likeness (QED) is 0.140. The molecule has 0 heterocycles. The molecular formula is C46H38Ge2Ti. The van der Waals surface area contributed by atoms with E-state index < -0.39 is 26.5 Å². The molecule has 234 valence electrons. The van der Waals surface area contributed by atoms with Gasteiger partial charge in [-0.1, -0.05) is 0 Å². The van der Waals surface area contributed by atoms with Crippen LogP contribution in [0.4, 0.5) is 0 Å². The fourth-order valence-corrected chi connectivity index (χ4v) is 27.4. The van der Waals surface area contributed by atoms with Gasteiger partial charge in [0.25, 0.3) is 0 Å². The molecule has 8 aromatic carbocycles. The molecule has 0 aromatic heterocycles. The van der Waals surface area contributed by atoms with Crippen molar-refractivity contribution < 1.29 is 21.7 Å². The first kappa shape index (κ1) is 34.7. The zero-order valence-electron chi connectivity index (χ0n) is 27.4. The predicted molar refractivity (Wildman–Crippen MR) is 211 cm³/mol. The number of hydrogen-bond donors (Lipinski definition) is 0. The molecule has 0 aliphatic heterocycles. The Bertz CT molecular complexity index is 1730. The maximum atomic E-state index is 2.31. The van der Waals surface area contributed by atoms with Crippen molar-refractivity contribution in [1.29, 1.82) is 0 Å². The van der Waals surface area contributed by atoms with E-state index in [0.29, 0.717) is 0 Å². The second-order valence-corrected chi connectivity index (χ2v) is 28.0. The van der Waals surface area contributed by atoms with E-state index in [-0.39, 0.29) is 21.7 Å². The van der Waals surface area contributed by atoms with Crippen LogP contribution in [0, 0.1) is 0 Å². The van der Waals surface area contributed by atoms with Crippen molar-refractivity contribution in [1.82, 2.24) is 0 Å².